The molecule has 2 heterocycles. The van der Waals surface area contributed by atoms with Crippen molar-refractivity contribution in [3.8, 4) is 0 Å². The van der Waals surface area contributed by atoms with Crippen molar-refractivity contribution in [2.45, 2.75) is 52.0 Å². The van der Waals surface area contributed by atoms with Gasteiger partial charge in [0.25, 0.3) is 0 Å². The normalized spacial score (nSPS) is 25.1. The van der Waals surface area contributed by atoms with Crippen LogP contribution in [0.25, 0.3) is 0 Å². The van der Waals surface area contributed by atoms with Crippen LogP contribution in [-0.2, 0) is 0 Å². The Hall–Kier alpha value is -1.55. The van der Waals surface area contributed by atoms with Crippen LogP contribution in [0, 0.1) is 5.92 Å². The minimum atomic E-state index is 0.631. The van der Waals surface area contributed by atoms with Crippen molar-refractivity contribution in [1.29, 1.82) is 0 Å². The number of aliphatic imine (C=N–C) groups is 1. The fraction of sp³-hybridized carbons (Fsp3) is 0.682. The molecule has 4 heteroatoms. The standard InChI is InChI=1S/C22H36N4/c1-4-23-22(24-15-19-9-8-13-25(16-19)18(2)3)26-14-12-21(17-26)20-10-6-5-7-11-20/h5-7,10-11,18-19,21H,4,8-9,12-17H2,1-3H3,(H,23,24). The molecule has 0 aromatic heterocycles. The van der Waals surface area contributed by atoms with Crippen molar-refractivity contribution in [2.24, 2.45) is 10.9 Å². The zero-order chi connectivity index (χ0) is 18.4. The molecule has 2 fully saturated rings. The van der Waals surface area contributed by atoms with E-state index in [1.54, 1.807) is 0 Å². The second-order valence-electron chi connectivity index (χ2n) is 8.13. The fourth-order valence-electron chi connectivity index (χ4n) is 4.31. The van der Waals surface area contributed by atoms with E-state index in [4.69, 9.17) is 4.99 Å². The van der Waals surface area contributed by atoms with E-state index in [0.29, 0.717) is 17.9 Å². The molecule has 1 N–H and O–H groups in total. The monoisotopic (exact) mass is 356 g/mol. The van der Waals surface area contributed by atoms with Crippen LogP contribution in [-0.4, -0.2) is 61.1 Å². The van der Waals surface area contributed by atoms with Crippen molar-refractivity contribution >= 4 is 5.96 Å². The van der Waals surface area contributed by atoms with Crippen LogP contribution in [0.4, 0.5) is 0 Å². The van der Waals surface area contributed by atoms with Crippen LogP contribution in [0.3, 0.4) is 0 Å². The molecule has 0 radical (unpaired) electrons. The van der Waals surface area contributed by atoms with Gasteiger partial charge in [-0.05, 0) is 58.1 Å². The molecule has 2 saturated heterocycles. The van der Waals surface area contributed by atoms with E-state index >= 15 is 0 Å². The van der Waals surface area contributed by atoms with Crippen LogP contribution < -0.4 is 5.32 Å². The maximum absolute atomic E-state index is 5.05. The average Bonchev–Trinajstić information content (AvgIpc) is 3.16. The molecule has 4 nitrogen and oxygen atoms in total. The molecular formula is C22H36N4. The number of benzene rings is 1. The predicted molar refractivity (Wildman–Crippen MR) is 111 cm³/mol. The summed E-state index contributed by atoms with van der Waals surface area (Å²) in [5.74, 6) is 2.45. The quantitative estimate of drug-likeness (QED) is 0.646. The number of likely N-dealkylation sites (tertiary alicyclic amines) is 2. The summed E-state index contributed by atoms with van der Waals surface area (Å²) in [6.07, 6.45) is 3.85. The molecular weight excluding hydrogens is 320 g/mol. The van der Waals surface area contributed by atoms with Crippen molar-refractivity contribution in [3.05, 3.63) is 35.9 Å². The molecule has 2 aliphatic rings. The van der Waals surface area contributed by atoms with Crippen LogP contribution in [0.1, 0.15) is 51.5 Å². The largest absolute Gasteiger partial charge is 0.357 e. The minimum absolute atomic E-state index is 0.631. The lowest BCUT2D eigenvalue weighted by molar-refractivity contribution is 0.143. The Balaban J connectivity index is 1.59. The Kier molecular flexibility index (Phi) is 6.95. The van der Waals surface area contributed by atoms with Gasteiger partial charge in [-0.25, -0.2) is 0 Å². The highest BCUT2D eigenvalue weighted by Gasteiger charge is 2.27. The first kappa shape index (κ1) is 19.2. The zero-order valence-corrected chi connectivity index (χ0v) is 16.8. The molecule has 0 saturated carbocycles. The second kappa shape index (κ2) is 9.40. The highest BCUT2D eigenvalue weighted by molar-refractivity contribution is 5.80. The van der Waals surface area contributed by atoms with Gasteiger partial charge >= 0.3 is 0 Å². The SMILES string of the molecule is CCNC(=NCC1CCCN(C(C)C)C1)N1CCC(c2ccccc2)C1. The first-order chi connectivity index (χ1) is 12.7. The number of nitrogens with zero attached hydrogens (tertiary/aromatic N) is 3. The smallest absolute Gasteiger partial charge is 0.193 e. The van der Waals surface area contributed by atoms with Gasteiger partial charge in [-0.1, -0.05) is 30.3 Å². The summed E-state index contributed by atoms with van der Waals surface area (Å²) in [6.45, 7) is 13.3. The Morgan fingerprint density at radius 1 is 1.15 bits per heavy atom. The van der Waals surface area contributed by atoms with Crippen LogP contribution >= 0.6 is 0 Å². The highest BCUT2D eigenvalue weighted by atomic mass is 15.3. The van der Waals surface area contributed by atoms with E-state index in [1.165, 1.54) is 37.9 Å². The van der Waals surface area contributed by atoms with Crippen molar-refractivity contribution in [2.75, 3.05) is 39.3 Å². The molecule has 26 heavy (non-hydrogen) atoms. The number of nitrogens with one attached hydrogen (secondary N) is 1. The molecule has 2 atom stereocenters. The van der Waals surface area contributed by atoms with Gasteiger partial charge in [0.05, 0.1) is 0 Å². The lowest BCUT2D eigenvalue weighted by Crippen LogP contribution is -2.42. The van der Waals surface area contributed by atoms with Crippen molar-refractivity contribution in [3.63, 3.8) is 0 Å². The molecule has 0 bridgehead atoms. The van der Waals surface area contributed by atoms with Crippen LogP contribution in [0.2, 0.25) is 0 Å². The molecule has 2 unspecified atom stereocenters. The van der Waals surface area contributed by atoms with Gasteiger partial charge < -0.3 is 15.1 Å². The summed E-state index contributed by atoms with van der Waals surface area (Å²) in [5, 5.41) is 3.53. The molecule has 144 valence electrons. The molecule has 0 spiro atoms. The summed E-state index contributed by atoms with van der Waals surface area (Å²) >= 11 is 0. The zero-order valence-electron chi connectivity index (χ0n) is 16.8. The first-order valence-electron chi connectivity index (χ1n) is 10.5. The van der Waals surface area contributed by atoms with E-state index in [1.807, 2.05) is 0 Å². The molecule has 2 aliphatic heterocycles. The van der Waals surface area contributed by atoms with E-state index < -0.39 is 0 Å². The number of rotatable bonds is 5. The van der Waals surface area contributed by atoms with Gasteiger partial charge in [0, 0.05) is 44.7 Å². The van der Waals surface area contributed by atoms with Gasteiger partial charge in [-0.15, -0.1) is 0 Å². The third-order valence-electron chi connectivity index (χ3n) is 5.87. The summed E-state index contributed by atoms with van der Waals surface area (Å²) in [7, 11) is 0. The van der Waals surface area contributed by atoms with Gasteiger partial charge in [0.2, 0.25) is 0 Å². The number of guanidine groups is 1. The Morgan fingerprint density at radius 2 is 1.96 bits per heavy atom. The van der Waals surface area contributed by atoms with Crippen LogP contribution in [0.15, 0.2) is 35.3 Å². The molecule has 1 aromatic rings. The molecule has 3 rings (SSSR count). The lowest BCUT2D eigenvalue weighted by Gasteiger charge is -2.35. The van der Waals surface area contributed by atoms with Gasteiger partial charge in [-0.3, -0.25) is 4.99 Å². The minimum Gasteiger partial charge on any atom is -0.357 e. The maximum atomic E-state index is 5.05. The summed E-state index contributed by atoms with van der Waals surface area (Å²) in [4.78, 5) is 10.1. The Morgan fingerprint density at radius 3 is 2.69 bits per heavy atom. The maximum Gasteiger partial charge on any atom is 0.193 e. The van der Waals surface area contributed by atoms with E-state index in [0.717, 1.165) is 32.1 Å². The molecule has 1 aromatic carbocycles. The topological polar surface area (TPSA) is 30.9 Å². The third-order valence-corrected chi connectivity index (χ3v) is 5.87. The van der Waals surface area contributed by atoms with E-state index in [-0.39, 0.29) is 0 Å². The lowest BCUT2D eigenvalue weighted by atomic mass is 9.97. The number of hydrogen-bond donors (Lipinski definition) is 1. The fourth-order valence-corrected chi connectivity index (χ4v) is 4.31. The Bertz CT molecular complexity index is 569. The molecule has 0 amide bonds. The first-order valence-corrected chi connectivity index (χ1v) is 10.5. The summed E-state index contributed by atoms with van der Waals surface area (Å²) < 4.78 is 0. The number of hydrogen-bond acceptors (Lipinski definition) is 2. The predicted octanol–water partition coefficient (Wildman–Crippen LogP) is 3.56. The molecule has 0 aliphatic carbocycles. The second-order valence-corrected chi connectivity index (χ2v) is 8.13. The highest BCUT2D eigenvalue weighted by Crippen LogP contribution is 2.27. The van der Waals surface area contributed by atoms with Gasteiger partial charge in [0.15, 0.2) is 5.96 Å². The van der Waals surface area contributed by atoms with Crippen molar-refractivity contribution < 1.29 is 0 Å². The third kappa shape index (κ3) is 5.00. The van der Waals surface area contributed by atoms with Gasteiger partial charge in [-0.2, -0.15) is 0 Å². The average molecular weight is 357 g/mol. The summed E-state index contributed by atoms with van der Waals surface area (Å²) in [5.41, 5.74) is 1.46. The van der Waals surface area contributed by atoms with E-state index in [9.17, 15) is 0 Å². The van der Waals surface area contributed by atoms with Crippen LogP contribution in [0.5, 0.6) is 0 Å². The van der Waals surface area contributed by atoms with E-state index in [2.05, 4.69) is 66.2 Å². The Labute approximate surface area is 159 Å². The van der Waals surface area contributed by atoms with Crippen molar-refractivity contribution in [1.82, 2.24) is 15.1 Å². The van der Waals surface area contributed by atoms with Gasteiger partial charge in [0.1, 0.15) is 0 Å². The summed E-state index contributed by atoms with van der Waals surface area (Å²) in [6, 6.07) is 11.6. The number of piperidine rings is 1.